The molecule has 0 fully saturated rings. The molecule has 0 N–H and O–H groups in total. The Kier molecular flexibility index (Phi) is 4.19. The van der Waals surface area contributed by atoms with Crippen LogP contribution in [0.1, 0.15) is 23.0 Å². The lowest BCUT2D eigenvalue weighted by Crippen LogP contribution is -2.39. The molecule has 1 aliphatic rings. The zero-order valence-electron chi connectivity index (χ0n) is 13.0. The molecule has 0 spiro atoms. The van der Waals surface area contributed by atoms with Crippen LogP contribution in [0.15, 0.2) is 30.5 Å². The van der Waals surface area contributed by atoms with Crippen molar-refractivity contribution < 1.29 is 9.59 Å². The van der Waals surface area contributed by atoms with Crippen LogP contribution in [0, 0.1) is 0 Å². The van der Waals surface area contributed by atoms with Crippen molar-refractivity contribution in [2.24, 2.45) is 0 Å². The number of halogens is 1. The lowest BCUT2D eigenvalue weighted by molar-refractivity contribution is -0.114. The van der Waals surface area contributed by atoms with Gasteiger partial charge in [0.05, 0.1) is 34.8 Å². The first-order valence-corrected chi connectivity index (χ1v) is 7.74. The molecular weight excluding hydrogens is 316 g/mol. The minimum atomic E-state index is -0.492. The van der Waals surface area contributed by atoms with Gasteiger partial charge in [0.25, 0.3) is 5.78 Å². The average Bonchev–Trinajstić information content (AvgIpc) is 3.01. The van der Waals surface area contributed by atoms with E-state index in [1.165, 1.54) is 4.90 Å². The van der Waals surface area contributed by atoms with Gasteiger partial charge in [-0.25, -0.2) is 0 Å². The molecule has 0 radical (unpaired) electrons. The van der Waals surface area contributed by atoms with Crippen molar-refractivity contribution in [2.45, 2.75) is 20.0 Å². The van der Waals surface area contributed by atoms with Crippen LogP contribution in [-0.4, -0.2) is 40.1 Å². The summed E-state index contributed by atoms with van der Waals surface area (Å²) in [5.41, 5.74) is 2.01. The molecule has 2 aromatic rings. The second kappa shape index (κ2) is 6.14. The maximum atomic E-state index is 12.2. The number of carbonyl (C=O) groups is 2. The van der Waals surface area contributed by atoms with Gasteiger partial charge < -0.3 is 0 Å². The predicted octanol–water partition coefficient (Wildman–Crippen LogP) is 2.18. The van der Waals surface area contributed by atoms with Crippen LogP contribution >= 0.6 is 11.6 Å². The summed E-state index contributed by atoms with van der Waals surface area (Å²) in [5, 5.41) is 4.81. The van der Waals surface area contributed by atoms with Crippen molar-refractivity contribution in [1.82, 2.24) is 14.7 Å². The highest BCUT2D eigenvalue weighted by Gasteiger charge is 2.35. The third kappa shape index (κ3) is 2.75. The quantitative estimate of drug-likeness (QED) is 0.787. The summed E-state index contributed by atoms with van der Waals surface area (Å²) in [6.07, 6.45) is 1.62. The summed E-state index contributed by atoms with van der Waals surface area (Å²) >= 11 is 6.17. The van der Waals surface area contributed by atoms with Gasteiger partial charge in [0.2, 0.25) is 0 Å². The second-order valence-corrected chi connectivity index (χ2v) is 5.90. The van der Waals surface area contributed by atoms with E-state index >= 15 is 0 Å². The van der Waals surface area contributed by atoms with Crippen molar-refractivity contribution in [3.8, 4) is 0 Å². The number of aromatic nitrogens is 2. The second-order valence-electron chi connectivity index (χ2n) is 5.49. The van der Waals surface area contributed by atoms with Crippen LogP contribution in [0.4, 0.5) is 5.69 Å². The molecule has 23 heavy (non-hydrogen) atoms. The molecule has 3 rings (SSSR count). The van der Waals surface area contributed by atoms with E-state index in [4.69, 9.17) is 11.6 Å². The van der Waals surface area contributed by atoms with Crippen LogP contribution in [0.25, 0.3) is 0 Å². The summed E-state index contributed by atoms with van der Waals surface area (Å²) in [6, 6.07) is 7.05. The maximum absolute atomic E-state index is 12.2. The standard InChI is InChI=1S/C16H17ClN4O2/c1-3-21-14(12(17)8-18-21)9-19(2)10-20-13-7-5-4-6-11(13)15(22)16(20)23/h4-8H,3,9-10H2,1-2H3. The van der Waals surface area contributed by atoms with Crippen LogP contribution in [0.2, 0.25) is 5.02 Å². The number of aryl methyl sites for hydroxylation is 1. The highest BCUT2D eigenvalue weighted by molar-refractivity contribution is 6.52. The zero-order chi connectivity index (χ0) is 16.6. The predicted molar refractivity (Wildman–Crippen MR) is 87.5 cm³/mol. The van der Waals surface area contributed by atoms with Gasteiger partial charge >= 0.3 is 5.91 Å². The first-order chi connectivity index (χ1) is 11.0. The van der Waals surface area contributed by atoms with Gasteiger partial charge in [-0.15, -0.1) is 0 Å². The minimum absolute atomic E-state index is 0.312. The number of carbonyl (C=O) groups excluding carboxylic acids is 2. The van der Waals surface area contributed by atoms with Crippen LogP contribution < -0.4 is 4.90 Å². The molecule has 1 aromatic heterocycles. The van der Waals surface area contributed by atoms with Crippen molar-refractivity contribution in [3.63, 3.8) is 0 Å². The summed E-state index contributed by atoms with van der Waals surface area (Å²) in [7, 11) is 1.88. The Hall–Kier alpha value is -2.18. The lowest BCUT2D eigenvalue weighted by atomic mass is 10.1. The number of hydrogen-bond donors (Lipinski definition) is 0. The number of fused-ring (bicyclic) bond motifs is 1. The zero-order valence-corrected chi connectivity index (χ0v) is 13.7. The Morgan fingerprint density at radius 3 is 2.74 bits per heavy atom. The number of anilines is 1. The summed E-state index contributed by atoms with van der Waals surface area (Å²) in [6.45, 7) is 3.56. The minimum Gasteiger partial charge on any atom is -0.291 e. The first kappa shape index (κ1) is 15.7. The number of para-hydroxylation sites is 1. The molecule has 0 unspecified atom stereocenters. The topological polar surface area (TPSA) is 58.4 Å². The molecule has 1 aromatic carbocycles. The largest absolute Gasteiger partial charge is 0.300 e. The van der Waals surface area contributed by atoms with Crippen LogP contribution in [0.5, 0.6) is 0 Å². The highest BCUT2D eigenvalue weighted by Crippen LogP contribution is 2.28. The van der Waals surface area contributed by atoms with Gasteiger partial charge in [0.1, 0.15) is 0 Å². The van der Waals surface area contributed by atoms with E-state index in [1.807, 2.05) is 29.6 Å². The Balaban J connectivity index is 1.78. The fraction of sp³-hybridized carbons (Fsp3) is 0.312. The summed E-state index contributed by atoms with van der Waals surface area (Å²) < 4.78 is 1.82. The van der Waals surface area contributed by atoms with Gasteiger partial charge in [0.15, 0.2) is 0 Å². The Morgan fingerprint density at radius 1 is 1.26 bits per heavy atom. The Morgan fingerprint density at radius 2 is 2.00 bits per heavy atom. The number of hydrogen-bond acceptors (Lipinski definition) is 4. The normalized spacial score (nSPS) is 14.0. The van der Waals surface area contributed by atoms with E-state index < -0.39 is 11.7 Å². The average molecular weight is 333 g/mol. The summed E-state index contributed by atoms with van der Waals surface area (Å²) in [5.74, 6) is -0.946. The maximum Gasteiger partial charge on any atom is 0.300 e. The molecule has 0 saturated heterocycles. The van der Waals surface area contributed by atoms with Crippen molar-refractivity contribution in [3.05, 3.63) is 46.7 Å². The molecule has 0 saturated carbocycles. The molecule has 7 heteroatoms. The van der Waals surface area contributed by atoms with E-state index in [2.05, 4.69) is 5.10 Å². The molecule has 1 amide bonds. The Labute approximate surface area is 139 Å². The molecular formula is C16H17ClN4O2. The van der Waals surface area contributed by atoms with E-state index in [9.17, 15) is 9.59 Å². The van der Waals surface area contributed by atoms with Crippen LogP contribution in [0.3, 0.4) is 0 Å². The van der Waals surface area contributed by atoms with Gasteiger partial charge in [-0.2, -0.15) is 5.10 Å². The SMILES string of the molecule is CCn1ncc(Cl)c1CN(C)CN1C(=O)C(=O)c2ccccc21. The van der Waals surface area contributed by atoms with Crippen LogP contribution in [-0.2, 0) is 17.9 Å². The Bertz CT molecular complexity index is 771. The monoisotopic (exact) mass is 332 g/mol. The van der Waals surface area contributed by atoms with E-state index in [-0.39, 0.29) is 0 Å². The van der Waals surface area contributed by atoms with Gasteiger partial charge in [-0.3, -0.25) is 24.1 Å². The number of Topliss-reactive ketones (excluding diaryl/α,β-unsaturated/α-hetero) is 1. The molecule has 120 valence electrons. The smallest absolute Gasteiger partial charge is 0.291 e. The first-order valence-electron chi connectivity index (χ1n) is 7.37. The van der Waals surface area contributed by atoms with E-state index in [1.54, 1.807) is 24.4 Å². The molecule has 0 aliphatic carbocycles. The van der Waals surface area contributed by atoms with Crippen molar-refractivity contribution in [2.75, 3.05) is 18.6 Å². The molecule has 0 atom stereocenters. The third-order valence-electron chi connectivity index (χ3n) is 3.88. The molecule has 6 nitrogen and oxygen atoms in total. The number of rotatable bonds is 5. The van der Waals surface area contributed by atoms with Gasteiger partial charge in [-0.1, -0.05) is 23.7 Å². The fourth-order valence-corrected chi connectivity index (χ4v) is 2.95. The van der Waals surface area contributed by atoms with Crippen molar-refractivity contribution in [1.29, 1.82) is 0 Å². The lowest BCUT2D eigenvalue weighted by Gasteiger charge is -2.24. The number of nitrogens with zero attached hydrogens (tertiary/aromatic N) is 4. The fourth-order valence-electron chi connectivity index (χ4n) is 2.75. The van der Waals surface area contributed by atoms with Gasteiger partial charge in [0, 0.05) is 13.1 Å². The third-order valence-corrected chi connectivity index (χ3v) is 4.19. The molecule has 0 bridgehead atoms. The van der Waals surface area contributed by atoms with Gasteiger partial charge in [-0.05, 0) is 26.1 Å². The highest BCUT2D eigenvalue weighted by atomic mass is 35.5. The number of ketones is 1. The summed E-state index contributed by atoms with van der Waals surface area (Å²) in [4.78, 5) is 27.6. The molecule has 2 heterocycles. The number of amides is 1. The van der Waals surface area contributed by atoms with E-state index in [0.717, 1.165) is 12.2 Å². The van der Waals surface area contributed by atoms with Crippen molar-refractivity contribution >= 4 is 29.0 Å². The van der Waals surface area contributed by atoms with E-state index in [0.29, 0.717) is 29.5 Å². The number of benzene rings is 1. The molecule has 1 aliphatic heterocycles.